The van der Waals surface area contributed by atoms with E-state index < -0.39 is 11.2 Å². The Kier molecular flexibility index (Phi) is 2.40. The van der Waals surface area contributed by atoms with Crippen molar-refractivity contribution in [3.05, 3.63) is 16.1 Å². The van der Waals surface area contributed by atoms with Gasteiger partial charge in [-0.3, -0.25) is 0 Å². The van der Waals surface area contributed by atoms with E-state index in [0.717, 1.165) is 0 Å². The summed E-state index contributed by atoms with van der Waals surface area (Å²) < 4.78 is 36.4. The van der Waals surface area contributed by atoms with Crippen LogP contribution in [0.3, 0.4) is 0 Å². The van der Waals surface area contributed by atoms with Crippen molar-refractivity contribution in [3.63, 3.8) is 0 Å². The van der Waals surface area contributed by atoms with Crippen LogP contribution in [0.15, 0.2) is 5.38 Å². The van der Waals surface area contributed by atoms with Crippen molar-refractivity contribution in [2.24, 2.45) is 0 Å². The minimum Gasteiger partial charge on any atom is -0.237 e. The smallest absolute Gasteiger partial charge is 0.237 e. The molecular formula is C8H10F3NS. The number of hydrogen-bond acceptors (Lipinski definition) is 2. The molecule has 0 unspecified atom stereocenters. The van der Waals surface area contributed by atoms with Crippen LogP contribution in [0.1, 0.15) is 31.5 Å². The molecule has 0 amide bonds. The van der Waals surface area contributed by atoms with Crippen LogP contribution in [-0.4, -0.2) is 4.98 Å². The first-order valence-corrected chi connectivity index (χ1v) is 4.62. The highest BCUT2D eigenvalue weighted by Gasteiger charge is 2.35. The van der Waals surface area contributed by atoms with E-state index in [1.165, 1.54) is 5.38 Å². The maximum Gasteiger partial charge on any atom is 0.443 e. The van der Waals surface area contributed by atoms with E-state index in [4.69, 9.17) is 0 Å². The molecule has 0 aromatic carbocycles. The van der Waals surface area contributed by atoms with E-state index in [9.17, 15) is 13.2 Å². The van der Waals surface area contributed by atoms with Gasteiger partial charge in [-0.25, -0.2) is 4.98 Å². The van der Waals surface area contributed by atoms with Crippen molar-refractivity contribution < 1.29 is 13.2 Å². The molecule has 1 rings (SSSR count). The number of rotatable bonds is 0. The fraction of sp³-hybridized carbons (Fsp3) is 0.625. The van der Waals surface area contributed by atoms with Gasteiger partial charge < -0.3 is 0 Å². The van der Waals surface area contributed by atoms with Gasteiger partial charge in [0.15, 0.2) is 5.01 Å². The van der Waals surface area contributed by atoms with Crippen LogP contribution in [0.25, 0.3) is 0 Å². The monoisotopic (exact) mass is 209 g/mol. The summed E-state index contributed by atoms with van der Waals surface area (Å²) >= 11 is 0.647. The summed E-state index contributed by atoms with van der Waals surface area (Å²) in [7, 11) is 0. The molecule has 74 valence electrons. The van der Waals surface area contributed by atoms with Crippen LogP contribution < -0.4 is 0 Å². The Balaban J connectivity index is 3.01. The Morgan fingerprint density at radius 1 is 1.23 bits per heavy atom. The molecule has 0 radical (unpaired) electrons. The minimum absolute atomic E-state index is 0.319. The van der Waals surface area contributed by atoms with Gasteiger partial charge in [0.2, 0.25) is 0 Å². The fourth-order valence-corrected chi connectivity index (χ4v) is 1.66. The lowest BCUT2D eigenvalue weighted by atomic mass is 9.93. The van der Waals surface area contributed by atoms with Gasteiger partial charge in [-0.05, 0) is 0 Å². The number of nitrogens with zero attached hydrogens (tertiary/aromatic N) is 1. The SMILES string of the molecule is CC(C)(C)c1csc(C(F)(F)F)n1. The Hall–Kier alpha value is -0.580. The van der Waals surface area contributed by atoms with Crippen molar-refractivity contribution >= 4 is 11.3 Å². The first kappa shape index (κ1) is 10.5. The van der Waals surface area contributed by atoms with Gasteiger partial charge in [0.1, 0.15) is 0 Å². The highest BCUT2D eigenvalue weighted by Crippen LogP contribution is 2.34. The minimum atomic E-state index is -4.31. The molecule has 0 N–H and O–H groups in total. The van der Waals surface area contributed by atoms with Crippen LogP contribution in [-0.2, 0) is 11.6 Å². The second kappa shape index (κ2) is 2.97. The Bertz CT molecular complexity index is 267. The van der Waals surface area contributed by atoms with Crippen molar-refractivity contribution in [2.45, 2.75) is 32.4 Å². The Labute approximate surface area is 78.6 Å². The second-order valence-corrected chi connectivity index (χ2v) is 4.64. The topological polar surface area (TPSA) is 12.9 Å². The molecule has 0 bridgehead atoms. The van der Waals surface area contributed by atoms with Crippen molar-refractivity contribution in [3.8, 4) is 0 Å². The van der Waals surface area contributed by atoms with Gasteiger partial charge in [-0.15, -0.1) is 11.3 Å². The van der Waals surface area contributed by atoms with Crippen molar-refractivity contribution in [1.82, 2.24) is 4.98 Å². The van der Waals surface area contributed by atoms with Crippen LogP contribution in [0, 0.1) is 0 Å². The Morgan fingerprint density at radius 2 is 1.77 bits per heavy atom. The number of aromatic nitrogens is 1. The lowest BCUT2D eigenvalue weighted by molar-refractivity contribution is -0.137. The predicted molar refractivity (Wildman–Crippen MR) is 45.8 cm³/mol. The largest absolute Gasteiger partial charge is 0.443 e. The average Bonchev–Trinajstić information content (AvgIpc) is 2.28. The summed E-state index contributed by atoms with van der Waals surface area (Å²) in [5.41, 5.74) is 0.171. The molecule has 5 heteroatoms. The number of thiazole rings is 1. The van der Waals surface area contributed by atoms with Crippen molar-refractivity contribution in [1.29, 1.82) is 0 Å². The summed E-state index contributed by atoms with van der Waals surface area (Å²) in [5.74, 6) is 0. The predicted octanol–water partition coefficient (Wildman–Crippen LogP) is 3.46. The van der Waals surface area contributed by atoms with Gasteiger partial charge in [0.05, 0.1) is 5.69 Å². The molecule has 0 saturated carbocycles. The van der Waals surface area contributed by atoms with Crippen LogP contribution in [0.4, 0.5) is 13.2 Å². The van der Waals surface area contributed by atoms with Gasteiger partial charge in [-0.2, -0.15) is 13.2 Å². The molecule has 1 aromatic heterocycles. The van der Waals surface area contributed by atoms with Gasteiger partial charge in [0, 0.05) is 10.8 Å². The zero-order valence-corrected chi connectivity index (χ0v) is 8.38. The van der Waals surface area contributed by atoms with E-state index >= 15 is 0 Å². The molecule has 0 spiro atoms. The lowest BCUT2D eigenvalue weighted by Crippen LogP contribution is -2.13. The molecule has 1 nitrogen and oxygen atoms in total. The van der Waals surface area contributed by atoms with E-state index in [1.54, 1.807) is 0 Å². The van der Waals surface area contributed by atoms with E-state index in [2.05, 4.69) is 4.98 Å². The first-order valence-electron chi connectivity index (χ1n) is 3.74. The van der Waals surface area contributed by atoms with Crippen LogP contribution >= 0.6 is 11.3 Å². The summed E-state index contributed by atoms with van der Waals surface area (Å²) in [4.78, 5) is 3.55. The second-order valence-electron chi connectivity index (χ2n) is 3.79. The van der Waals surface area contributed by atoms with E-state index in [1.807, 2.05) is 20.8 Å². The standard InChI is InChI=1S/C8H10F3NS/c1-7(2,3)5-4-13-6(12-5)8(9,10)11/h4H,1-3H3. The summed E-state index contributed by atoms with van der Waals surface area (Å²) in [6.45, 7) is 5.51. The molecule has 1 heterocycles. The van der Waals surface area contributed by atoms with Gasteiger partial charge in [0.25, 0.3) is 0 Å². The molecule has 0 atom stereocenters. The third-order valence-corrected chi connectivity index (χ3v) is 2.40. The van der Waals surface area contributed by atoms with Gasteiger partial charge in [-0.1, -0.05) is 20.8 Å². The molecule has 1 aromatic rings. The molecular weight excluding hydrogens is 199 g/mol. The zero-order valence-electron chi connectivity index (χ0n) is 7.57. The normalized spacial score (nSPS) is 13.4. The van der Waals surface area contributed by atoms with Crippen LogP contribution in [0.5, 0.6) is 0 Å². The molecule has 0 aliphatic heterocycles. The first-order chi connectivity index (χ1) is 5.71. The fourth-order valence-electron chi connectivity index (χ4n) is 0.748. The zero-order chi connectivity index (χ0) is 10.3. The van der Waals surface area contributed by atoms with Gasteiger partial charge >= 0.3 is 6.18 Å². The molecule has 13 heavy (non-hydrogen) atoms. The number of hydrogen-bond donors (Lipinski definition) is 0. The molecule has 0 aliphatic rings. The highest BCUT2D eigenvalue weighted by atomic mass is 32.1. The highest BCUT2D eigenvalue weighted by molar-refractivity contribution is 7.09. The molecule has 0 aliphatic carbocycles. The number of alkyl halides is 3. The molecule has 0 saturated heterocycles. The van der Waals surface area contributed by atoms with E-state index in [0.29, 0.717) is 17.0 Å². The number of halogens is 3. The lowest BCUT2D eigenvalue weighted by Gasteiger charge is -2.14. The molecule has 0 fully saturated rings. The maximum atomic E-state index is 12.1. The van der Waals surface area contributed by atoms with Crippen LogP contribution in [0.2, 0.25) is 0 Å². The Morgan fingerprint density at radius 3 is 2.00 bits per heavy atom. The third kappa shape index (κ3) is 2.43. The quantitative estimate of drug-likeness (QED) is 0.637. The summed E-state index contributed by atoms with van der Waals surface area (Å²) in [5, 5.41) is 0.695. The average molecular weight is 209 g/mol. The van der Waals surface area contributed by atoms with E-state index in [-0.39, 0.29) is 5.41 Å². The van der Waals surface area contributed by atoms with Crippen molar-refractivity contribution in [2.75, 3.05) is 0 Å². The maximum absolute atomic E-state index is 12.1. The third-order valence-electron chi connectivity index (χ3n) is 1.52. The summed E-state index contributed by atoms with van der Waals surface area (Å²) in [6, 6.07) is 0. The summed E-state index contributed by atoms with van der Waals surface area (Å²) in [6.07, 6.45) is -4.31.